The summed E-state index contributed by atoms with van der Waals surface area (Å²) in [7, 11) is 0. The first kappa shape index (κ1) is 33.1. The van der Waals surface area contributed by atoms with E-state index in [1.54, 1.807) is 24.3 Å². The van der Waals surface area contributed by atoms with Crippen LogP contribution in [-0.4, -0.2) is 55.1 Å². The van der Waals surface area contributed by atoms with Gasteiger partial charge in [0.15, 0.2) is 11.0 Å². The first-order valence-corrected chi connectivity index (χ1v) is 15.0. The van der Waals surface area contributed by atoms with Crippen LogP contribution in [0, 0.1) is 5.82 Å². The van der Waals surface area contributed by atoms with E-state index in [2.05, 4.69) is 25.1 Å². The fourth-order valence-electron chi connectivity index (χ4n) is 4.79. The first-order chi connectivity index (χ1) is 22.3. The molecule has 0 bridgehead atoms. The third kappa shape index (κ3) is 8.13. The van der Waals surface area contributed by atoms with Crippen LogP contribution < -0.4 is 15.0 Å². The fourth-order valence-corrected chi connectivity index (χ4v) is 5.66. The summed E-state index contributed by atoms with van der Waals surface area (Å²) >= 11 is 1.05. The van der Waals surface area contributed by atoms with Gasteiger partial charge in [-0.15, -0.1) is 18.3 Å². The number of anilines is 1. The van der Waals surface area contributed by atoms with E-state index >= 15 is 0 Å². The predicted molar refractivity (Wildman–Crippen MR) is 165 cm³/mol. The Bertz CT molecular complexity index is 1830. The second kappa shape index (κ2) is 13.6. The molecule has 1 unspecified atom stereocenters. The zero-order valence-corrected chi connectivity index (χ0v) is 25.5. The van der Waals surface area contributed by atoms with Crippen LogP contribution in [0.5, 0.6) is 5.75 Å². The van der Waals surface area contributed by atoms with Crippen molar-refractivity contribution in [3.63, 3.8) is 0 Å². The summed E-state index contributed by atoms with van der Waals surface area (Å²) in [4.78, 5) is 47.1. The van der Waals surface area contributed by atoms with E-state index in [0.29, 0.717) is 28.1 Å². The fraction of sp³-hybridized carbons (Fsp3) is 0.226. The summed E-state index contributed by atoms with van der Waals surface area (Å²) in [6, 6.07) is 14.5. The molecule has 4 aromatic rings. The quantitative estimate of drug-likeness (QED) is 0.194. The molecule has 1 atom stereocenters. The number of amides is 3. The van der Waals surface area contributed by atoms with Gasteiger partial charge < -0.3 is 15.2 Å². The minimum absolute atomic E-state index is 0.0286. The monoisotopic (exact) mass is 670 g/mol. The summed E-state index contributed by atoms with van der Waals surface area (Å²) in [6.07, 6.45) is -5.17. The summed E-state index contributed by atoms with van der Waals surface area (Å²) < 4.78 is 56.5. The highest BCUT2D eigenvalue weighted by molar-refractivity contribution is 8.15. The summed E-state index contributed by atoms with van der Waals surface area (Å²) in [6.45, 7) is 3.70. The van der Waals surface area contributed by atoms with Gasteiger partial charge in [0.2, 0.25) is 5.91 Å². The lowest BCUT2D eigenvalue weighted by Gasteiger charge is -2.22. The van der Waals surface area contributed by atoms with Crippen LogP contribution in [0.4, 0.5) is 28.0 Å². The summed E-state index contributed by atoms with van der Waals surface area (Å²) in [5, 5.41) is 16.2. The molecule has 2 N–H and O–H groups in total. The highest BCUT2D eigenvalue weighted by Crippen LogP contribution is 2.34. The van der Waals surface area contributed by atoms with Crippen LogP contribution in [0.15, 0.2) is 78.0 Å². The Balaban J connectivity index is 1.32. The van der Waals surface area contributed by atoms with Crippen molar-refractivity contribution in [3.05, 3.63) is 90.0 Å². The Morgan fingerprint density at radius 1 is 1.09 bits per heavy atom. The molecular formula is C31H26F4N6O5S. The minimum Gasteiger partial charge on any atom is -0.465 e. The number of amidine groups is 1. The van der Waals surface area contributed by atoms with E-state index in [1.165, 1.54) is 46.2 Å². The Morgan fingerprint density at radius 3 is 2.43 bits per heavy atom. The second-order valence-electron chi connectivity index (χ2n) is 10.5. The van der Waals surface area contributed by atoms with Gasteiger partial charge in [0, 0.05) is 5.56 Å². The molecule has 1 fully saturated rings. The number of halogens is 4. The summed E-state index contributed by atoms with van der Waals surface area (Å²) in [5.41, 5.74) is 2.40. The molecule has 2 heterocycles. The lowest BCUT2D eigenvalue weighted by atomic mass is 10.0. The zero-order chi connectivity index (χ0) is 33.9. The number of nitrogens with zero attached hydrogens (tertiary/aromatic N) is 5. The number of hydrogen-bond donors (Lipinski definition) is 2. The van der Waals surface area contributed by atoms with Gasteiger partial charge >= 0.3 is 12.5 Å². The molecule has 11 nitrogen and oxygen atoms in total. The number of aromatic nitrogens is 3. The van der Waals surface area contributed by atoms with Crippen LogP contribution in [0.3, 0.4) is 0 Å². The van der Waals surface area contributed by atoms with Crippen LogP contribution in [0.2, 0.25) is 0 Å². The van der Waals surface area contributed by atoms with Crippen molar-refractivity contribution >= 4 is 40.5 Å². The molecule has 47 heavy (non-hydrogen) atoms. The van der Waals surface area contributed by atoms with Gasteiger partial charge in [-0.3, -0.25) is 14.5 Å². The predicted octanol–water partition coefficient (Wildman–Crippen LogP) is 6.46. The molecule has 0 radical (unpaired) electrons. The Hall–Kier alpha value is -5.25. The van der Waals surface area contributed by atoms with Gasteiger partial charge in [0.05, 0.1) is 29.6 Å². The lowest BCUT2D eigenvalue weighted by molar-refractivity contribution is -0.274. The van der Waals surface area contributed by atoms with Gasteiger partial charge in [-0.25, -0.2) is 18.9 Å². The average molecular weight is 671 g/mol. The molecule has 5 rings (SSSR count). The number of nitrogens with one attached hydrogen (secondary N) is 1. The maximum Gasteiger partial charge on any atom is 0.573 e. The molecule has 1 aromatic heterocycles. The van der Waals surface area contributed by atoms with Gasteiger partial charge in [0.1, 0.15) is 17.9 Å². The third-order valence-corrected chi connectivity index (χ3v) is 7.84. The number of carbonyl (C=O) groups excluding carboxylic acids is 2. The molecule has 16 heteroatoms. The van der Waals surface area contributed by atoms with E-state index in [1.807, 2.05) is 13.8 Å². The highest BCUT2D eigenvalue weighted by atomic mass is 32.2. The van der Waals surface area contributed by atoms with Crippen molar-refractivity contribution in [1.82, 2.24) is 20.1 Å². The standard InChI is InChI=1S/C31H26F4N6O5S/c1-17(2)23-13-20(32)7-12-25(23)41-27(43)15-47-29(41)38-26(42)14-24(37-30(44)45)18-3-5-19(6-4-18)28-36-16-40(39-28)21-8-10-22(11-9-21)46-31(33,34)35/h3-13,16-17,24,37H,14-15H2,1-2H3,(H,44,45). The lowest BCUT2D eigenvalue weighted by Crippen LogP contribution is -2.32. The first-order valence-electron chi connectivity index (χ1n) is 14.0. The topological polar surface area (TPSA) is 139 Å². The van der Waals surface area contributed by atoms with Crippen LogP contribution in [0.25, 0.3) is 17.1 Å². The average Bonchev–Trinajstić information content (AvgIpc) is 3.63. The van der Waals surface area contributed by atoms with Gasteiger partial charge in [-0.1, -0.05) is 49.9 Å². The third-order valence-electron chi connectivity index (χ3n) is 6.91. The highest BCUT2D eigenvalue weighted by Gasteiger charge is 2.33. The van der Waals surface area contributed by atoms with E-state index in [9.17, 15) is 37.1 Å². The molecule has 1 aliphatic rings. The van der Waals surface area contributed by atoms with E-state index in [0.717, 1.165) is 23.9 Å². The number of ether oxygens (including phenoxy) is 1. The van der Waals surface area contributed by atoms with E-state index in [4.69, 9.17) is 0 Å². The molecule has 244 valence electrons. The number of thioether (sulfide) groups is 1. The molecular weight excluding hydrogens is 644 g/mol. The van der Waals surface area contributed by atoms with Crippen molar-refractivity contribution in [2.75, 3.05) is 10.7 Å². The number of carbonyl (C=O) groups is 3. The van der Waals surface area contributed by atoms with Gasteiger partial charge in [-0.2, -0.15) is 4.99 Å². The molecule has 0 saturated carbocycles. The van der Waals surface area contributed by atoms with E-state index in [-0.39, 0.29) is 40.7 Å². The van der Waals surface area contributed by atoms with Crippen molar-refractivity contribution in [1.29, 1.82) is 0 Å². The Morgan fingerprint density at radius 2 is 1.79 bits per heavy atom. The van der Waals surface area contributed by atoms with Crippen molar-refractivity contribution < 1.29 is 41.8 Å². The number of rotatable bonds is 9. The van der Waals surface area contributed by atoms with Crippen LogP contribution in [-0.2, 0) is 9.59 Å². The Labute approximate surface area is 269 Å². The Kier molecular flexibility index (Phi) is 9.60. The maximum absolute atomic E-state index is 14.0. The largest absolute Gasteiger partial charge is 0.573 e. The minimum atomic E-state index is -4.81. The normalized spacial score (nSPS) is 14.9. The number of aliphatic imine (C=N–C) groups is 1. The number of benzene rings is 3. The maximum atomic E-state index is 14.0. The zero-order valence-electron chi connectivity index (χ0n) is 24.7. The van der Waals surface area contributed by atoms with Crippen molar-refractivity contribution in [2.24, 2.45) is 4.99 Å². The second-order valence-corrected chi connectivity index (χ2v) is 11.5. The van der Waals surface area contributed by atoms with Crippen molar-refractivity contribution in [2.45, 2.75) is 38.6 Å². The van der Waals surface area contributed by atoms with Gasteiger partial charge in [-0.05, 0) is 59.5 Å². The molecule has 0 spiro atoms. The molecule has 3 aromatic carbocycles. The smallest absolute Gasteiger partial charge is 0.465 e. The summed E-state index contributed by atoms with van der Waals surface area (Å²) in [5.74, 6) is -1.67. The van der Waals surface area contributed by atoms with E-state index < -0.39 is 30.2 Å². The number of carboxylic acid groups (broad SMARTS) is 1. The molecule has 1 aliphatic heterocycles. The molecule has 0 aliphatic carbocycles. The molecule has 1 saturated heterocycles. The SMILES string of the molecule is CC(C)c1cc(F)ccc1N1C(=O)CSC1=NC(=O)CC(NC(=O)O)c1ccc(-c2ncn(-c3ccc(OC(F)(F)F)cc3)n2)cc1. The number of alkyl halides is 3. The van der Waals surface area contributed by atoms with Crippen LogP contribution >= 0.6 is 11.8 Å². The van der Waals surface area contributed by atoms with Crippen molar-refractivity contribution in [3.8, 4) is 22.8 Å². The number of hydrogen-bond acceptors (Lipinski definition) is 7. The van der Waals surface area contributed by atoms with Gasteiger partial charge in [0.25, 0.3) is 5.91 Å². The molecule has 3 amide bonds. The van der Waals surface area contributed by atoms with Crippen LogP contribution in [0.1, 0.15) is 43.4 Å².